The van der Waals surface area contributed by atoms with Gasteiger partial charge in [0.1, 0.15) is 16.8 Å². The van der Waals surface area contributed by atoms with E-state index in [4.69, 9.17) is 16.3 Å². The number of halogens is 1. The first-order valence-corrected chi connectivity index (χ1v) is 9.86. The summed E-state index contributed by atoms with van der Waals surface area (Å²) in [5.41, 5.74) is 5.02. The summed E-state index contributed by atoms with van der Waals surface area (Å²) in [5.74, 6) is 1.36. The molecule has 0 aliphatic carbocycles. The Morgan fingerprint density at radius 3 is 2.57 bits per heavy atom. The highest BCUT2D eigenvalue weighted by Gasteiger charge is 2.37. The van der Waals surface area contributed by atoms with E-state index in [1.165, 1.54) is 11.8 Å². The summed E-state index contributed by atoms with van der Waals surface area (Å²) < 4.78 is 7.05. The number of carbonyl (C=O) groups is 1. The minimum atomic E-state index is -0.444. The molecule has 3 aromatic rings. The Bertz CT molecular complexity index is 991. The molecule has 0 bridgehead atoms. The molecule has 1 aliphatic heterocycles. The van der Waals surface area contributed by atoms with E-state index in [-0.39, 0.29) is 11.9 Å². The van der Waals surface area contributed by atoms with Gasteiger partial charge in [-0.3, -0.25) is 4.79 Å². The molecule has 0 spiro atoms. The maximum Gasteiger partial charge on any atom is 0.240 e. The van der Waals surface area contributed by atoms with Gasteiger partial charge in [-0.2, -0.15) is 0 Å². The number of ether oxygens (including phenoxy) is 1. The molecule has 1 aromatic heterocycles. The number of rotatable bonds is 4. The van der Waals surface area contributed by atoms with Gasteiger partial charge in [0.2, 0.25) is 11.1 Å². The molecule has 0 saturated carbocycles. The van der Waals surface area contributed by atoms with E-state index >= 15 is 0 Å². The summed E-state index contributed by atoms with van der Waals surface area (Å²) in [6.45, 7) is 1.86. The summed E-state index contributed by atoms with van der Waals surface area (Å²) in [5, 5.41) is 12.0. The van der Waals surface area contributed by atoms with Gasteiger partial charge in [0.05, 0.1) is 13.2 Å². The van der Waals surface area contributed by atoms with E-state index in [1.54, 1.807) is 31.4 Å². The molecule has 1 aliphatic rings. The number of hydrogen-bond donors (Lipinski definition) is 2. The molecule has 2 heterocycles. The fourth-order valence-electron chi connectivity index (χ4n) is 2.97. The SMILES string of the molecule is COc1ccc([C@@H]2Nn3c(C)nnc3S[C@@H]2C(=O)Nc2ccc(Cl)cc2)cc1. The third-order valence-corrected chi connectivity index (χ3v) is 5.91. The van der Waals surface area contributed by atoms with Crippen LogP contribution in [0.4, 0.5) is 5.69 Å². The van der Waals surface area contributed by atoms with Crippen molar-refractivity contribution >= 4 is 35.0 Å². The van der Waals surface area contributed by atoms with Crippen LogP contribution in [0.5, 0.6) is 5.75 Å². The third kappa shape index (κ3) is 3.65. The Balaban J connectivity index is 1.64. The van der Waals surface area contributed by atoms with Crippen molar-refractivity contribution in [3.8, 4) is 5.75 Å². The van der Waals surface area contributed by atoms with Crippen LogP contribution < -0.4 is 15.5 Å². The van der Waals surface area contributed by atoms with Gasteiger partial charge in [0, 0.05) is 10.7 Å². The minimum absolute atomic E-state index is 0.132. The summed E-state index contributed by atoms with van der Waals surface area (Å²) in [6, 6.07) is 14.4. The first-order chi connectivity index (χ1) is 13.5. The number of benzene rings is 2. The highest BCUT2D eigenvalue weighted by atomic mass is 35.5. The normalized spacial score (nSPS) is 18.1. The molecule has 4 rings (SSSR count). The van der Waals surface area contributed by atoms with E-state index in [0.717, 1.165) is 17.1 Å². The third-order valence-electron chi connectivity index (χ3n) is 4.44. The van der Waals surface area contributed by atoms with Gasteiger partial charge in [-0.05, 0) is 48.9 Å². The van der Waals surface area contributed by atoms with Gasteiger partial charge >= 0.3 is 0 Å². The number of aromatic nitrogens is 3. The average molecular weight is 416 g/mol. The maximum absolute atomic E-state index is 13.1. The molecule has 2 atom stereocenters. The van der Waals surface area contributed by atoms with Crippen molar-refractivity contribution in [3.63, 3.8) is 0 Å². The predicted octanol–water partition coefficient (Wildman–Crippen LogP) is 3.65. The fraction of sp³-hybridized carbons (Fsp3) is 0.211. The molecule has 0 fully saturated rings. The number of anilines is 1. The lowest BCUT2D eigenvalue weighted by Crippen LogP contribution is -2.41. The number of carbonyl (C=O) groups excluding carboxylic acids is 1. The largest absolute Gasteiger partial charge is 0.497 e. The smallest absolute Gasteiger partial charge is 0.240 e. The zero-order valence-corrected chi connectivity index (χ0v) is 16.8. The van der Waals surface area contributed by atoms with Crippen LogP contribution in [0.2, 0.25) is 5.02 Å². The molecular formula is C19H18ClN5O2S. The Morgan fingerprint density at radius 2 is 1.89 bits per heavy atom. The van der Waals surface area contributed by atoms with Crippen molar-refractivity contribution in [2.75, 3.05) is 17.9 Å². The van der Waals surface area contributed by atoms with E-state index in [1.807, 2.05) is 35.9 Å². The molecule has 28 heavy (non-hydrogen) atoms. The zero-order chi connectivity index (χ0) is 19.7. The number of fused-ring (bicyclic) bond motifs is 1. The minimum Gasteiger partial charge on any atom is -0.497 e. The first-order valence-electron chi connectivity index (χ1n) is 8.61. The van der Waals surface area contributed by atoms with Crippen LogP contribution in [-0.2, 0) is 4.79 Å². The lowest BCUT2D eigenvalue weighted by atomic mass is 10.0. The second kappa shape index (κ2) is 7.73. The average Bonchev–Trinajstić information content (AvgIpc) is 3.09. The summed E-state index contributed by atoms with van der Waals surface area (Å²) in [4.78, 5) is 13.1. The molecule has 2 aromatic carbocycles. The lowest BCUT2D eigenvalue weighted by molar-refractivity contribution is -0.116. The van der Waals surface area contributed by atoms with Crippen molar-refractivity contribution in [1.82, 2.24) is 14.9 Å². The number of nitrogens with zero attached hydrogens (tertiary/aromatic N) is 3. The van der Waals surface area contributed by atoms with Crippen LogP contribution in [-0.4, -0.2) is 33.1 Å². The Hall–Kier alpha value is -2.71. The van der Waals surface area contributed by atoms with Crippen LogP contribution in [0.1, 0.15) is 17.4 Å². The van der Waals surface area contributed by atoms with E-state index in [2.05, 4.69) is 20.9 Å². The Morgan fingerprint density at radius 1 is 1.18 bits per heavy atom. The van der Waals surface area contributed by atoms with Gasteiger partial charge in [-0.25, -0.2) is 4.68 Å². The highest BCUT2D eigenvalue weighted by molar-refractivity contribution is 8.00. The molecule has 9 heteroatoms. The Labute approximate surface area is 171 Å². The number of amides is 1. The van der Waals surface area contributed by atoms with E-state index in [9.17, 15) is 4.79 Å². The van der Waals surface area contributed by atoms with E-state index in [0.29, 0.717) is 15.9 Å². The number of thioether (sulfide) groups is 1. The summed E-state index contributed by atoms with van der Waals surface area (Å²) in [6.07, 6.45) is 0. The number of hydrogen-bond acceptors (Lipinski definition) is 6. The quantitative estimate of drug-likeness (QED) is 0.677. The summed E-state index contributed by atoms with van der Waals surface area (Å²) >= 11 is 7.31. The first kappa shape index (κ1) is 18.6. The monoisotopic (exact) mass is 415 g/mol. The van der Waals surface area contributed by atoms with Crippen molar-refractivity contribution in [1.29, 1.82) is 0 Å². The van der Waals surface area contributed by atoms with Gasteiger partial charge in [0.25, 0.3) is 0 Å². The summed E-state index contributed by atoms with van der Waals surface area (Å²) in [7, 11) is 1.62. The number of methoxy groups -OCH3 is 1. The maximum atomic E-state index is 13.1. The van der Waals surface area contributed by atoms with Crippen LogP contribution in [0.15, 0.2) is 53.7 Å². The van der Waals surface area contributed by atoms with Crippen molar-refractivity contribution in [2.24, 2.45) is 0 Å². The number of aryl methyl sites for hydroxylation is 1. The molecule has 1 amide bonds. The van der Waals surface area contributed by atoms with Crippen LogP contribution in [0, 0.1) is 6.92 Å². The second-order valence-electron chi connectivity index (χ2n) is 6.28. The molecule has 144 valence electrons. The van der Waals surface area contributed by atoms with Gasteiger partial charge in [0.15, 0.2) is 0 Å². The second-order valence-corrected chi connectivity index (χ2v) is 7.82. The molecular weight excluding hydrogens is 398 g/mol. The van der Waals surface area contributed by atoms with Gasteiger partial charge in [-0.1, -0.05) is 35.5 Å². The molecule has 2 N–H and O–H groups in total. The van der Waals surface area contributed by atoms with Crippen molar-refractivity contribution < 1.29 is 9.53 Å². The van der Waals surface area contributed by atoms with Crippen LogP contribution in [0.25, 0.3) is 0 Å². The van der Waals surface area contributed by atoms with Crippen LogP contribution >= 0.6 is 23.4 Å². The standard InChI is InChI=1S/C19H18ClN5O2S/c1-11-22-23-19-25(11)24-16(12-3-9-15(27-2)10-4-12)17(28-19)18(26)21-14-7-5-13(20)6-8-14/h3-10,16-17,24H,1-2H3,(H,21,26)/t16-,17-/m0/s1. The molecule has 0 unspecified atom stereocenters. The fourth-order valence-corrected chi connectivity index (χ4v) is 4.22. The van der Waals surface area contributed by atoms with Gasteiger partial charge in [-0.15, -0.1) is 10.2 Å². The highest BCUT2D eigenvalue weighted by Crippen LogP contribution is 2.37. The number of nitrogens with one attached hydrogen (secondary N) is 2. The van der Waals surface area contributed by atoms with Crippen molar-refractivity contribution in [3.05, 3.63) is 64.9 Å². The van der Waals surface area contributed by atoms with E-state index < -0.39 is 5.25 Å². The topological polar surface area (TPSA) is 81.1 Å². The van der Waals surface area contributed by atoms with Gasteiger partial charge < -0.3 is 15.5 Å². The van der Waals surface area contributed by atoms with Crippen LogP contribution in [0.3, 0.4) is 0 Å². The molecule has 7 nitrogen and oxygen atoms in total. The zero-order valence-electron chi connectivity index (χ0n) is 15.2. The molecule has 0 saturated heterocycles. The lowest BCUT2D eigenvalue weighted by Gasteiger charge is -2.32. The molecule has 0 radical (unpaired) electrons. The Kier molecular flexibility index (Phi) is 5.15. The van der Waals surface area contributed by atoms with Crippen molar-refractivity contribution in [2.45, 2.75) is 23.4 Å². The predicted molar refractivity (Wildman–Crippen MR) is 110 cm³/mol.